The highest BCUT2D eigenvalue weighted by Crippen LogP contribution is 2.28. The van der Waals surface area contributed by atoms with E-state index in [1.807, 2.05) is 30.3 Å². The number of nitrogens with one attached hydrogen (secondary N) is 2. The van der Waals surface area contributed by atoms with Gasteiger partial charge in [0.2, 0.25) is 0 Å². The molecule has 3 rings (SSSR count). The van der Waals surface area contributed by atoms with Crippen LogP contribution in [0.3, 0.4) is 0 Å². The van der Waals surface area contributed by atoms with Crippen LogP contribution < -0.4 is 15.4 Å². The Hall–Kier alpha value is -3.19. The van der Waals surface area contributed by atoms with Crippen molar-refractivity contribution < 1.29 is 18.7 Å². The summed E-state index contributed by atoms with van der Waals surface area (Å²) in [5.41, 5.74) is 1.59. The molecule has 0 radical (unpaired) electrons. The van der Waals surface area contributed by atoms with Gasteiger partial charge in [0.1, 0.15) is 5.75 Å². The Morgan fingerprint density at radius 3 is 2.57 bits per heavy atom. The summed E-state index contributed by atoms with van der Waals surface area (Å²) in [6.07, 6.45) is 1.49. The number of benzene rings is 2. The molecule has 1 heterocycles. The summed E-state index contributed by atoms with van der Waals surface area (Å²) in [6.45, 7) is 0. The van der Waals surface area contributed by atoms with Crippen molar-refractivity contribution in [2.24, 2.45) is 0 Å². The highest BCUT2D eigenvalue weighted by molar-refractivity contribution is 7.98. The fourth-order valence-electron chi connectivity index (χ4n) is 2.60. The number of hydrogen-bond acceptors (Lipinski definition) is 5. The average Bonchev–Trinajstić information content (AvgIpc) is 3.21. The molecule has 2 N–H and O–H groups in total. The molecule has 0 bridgehead atoms. The van der Waals surface area contributed by atoms with Crippen molar-refractivity contribution in [3.63, 3.8) is 0 Å². The van der Waals surface area contributed by atoms with Crippen molar-refractivity contribution in [1.82, 2.24) is 5.32 Å². The van der Waals surface area contributed by atoms with Crippen LogP contribution in [-0.4, -0.2) is 26.0 Å². The van der Waals surface area contributed by atoms with Gasteiger partial charge < -0.3 is 19.8 Å². The molecule has 6 nitrogen and oxygen atoms in total. The van der Waals surface area contributed by atoms with E-state index in [0.29, 0.717) is 22.8 Å². The second kappa shape index (κ2) is 9.14. The van der Waals surface area contributed by atoms with Crippen molar-refractivity contribution in [3.05, 3.63) is 77.7 Å². The molecule has 0 fully saturated rings. The number of amides is 2. The molecule has 0 saturated heterocycles. The maximum absolute atomic E-state index is 12.8. The van der Waals surface area contributed by atoms with Crippen molar-refractivity contribution in [2.45, 2.75) is 10.6 Å². The molecule has 0 aliphatic rings. The van der Waals surface area contributed by atoms with E-state index < -0.39 is 5.91 Å². The standard InChI is InChI=1S/C21H20N2O4S/c1-22-20(24)14-8-9-18(26-2)17(12-14)23-21(25)19-15(10-11-27-19)13-28-16-6-4-3-5-7-16/h3-12H,13H2,1-2H3,(H,22,24)(H,23,25). The molecule has 28 heavy (non-hydrogen) atoms. The second-order valence-corrected chi connectivity index (χ2v) is 6.87. The minimum atomic E-state index is -0.402. The fourth-order valence-corrected chi connectivity index (χ4v) is 3.50. The number of rotatable bonds is 7. The van der Waals surface area contributed by atoms with E-state index in [9.17, 15) is 9.59 Å². The van der Waals surface area contributed by atoms with Crippen LogP contribution in [0.1, 0.15) is 26.5 Å². The Labute approximate surface area is 167 Å². The number of methoxy groups -OCH3 is 1. The molecule has 0 aliphatic carbocycles. The first kappa shape index (κ1) is 19.6. The highest BCUT2D eigenvalue weighted by atomic mass is 32.2. The van der Waals surface area contributed by atoms with Gasteiger partial charge in [-0.05, 0) is 36.4 Å². The molecule has 2 aromatic carbocycles. The summed E-state index contributed by atoms with van der Waals surface area (Å²) in [5, 5.41) is 5.33. The van der Waals surface area contributed by atoms with Crippen LogP contribution in [0.5, 0.6) is 5.75 Å². The van der Waals surface area contributed by atoms with Crippen molar-refractivity contribution in [2.75, 3.05) is 19.5 Å². The molecule has 0 aliphatic heterocycles. The lowest BCUT2D eigenvalue weighted by molar-refractivity contribution is 0.0960. The van der Waals surface area contributed by atoms with Crippen LogP contribution in [0.2, 0.25) is 0 Å². The maximum Gasteiger partial charge on any atom is 0.291 e. The third-order valence-corrected chi connectivity index (χ3v) is 5.09. The maximum atomic E-state index is 12.8. The van der Waals surface area contributed by atoms with Gasteiger partial charge in [0.05, 0.1) is 19.1 Å². The van der Waals surface area contributed by atoms with E-state index in [0.717, 1.165) is 10.5 Å². The van der Waals surface area contributed by atoms with Crippen LogP contribution in [0, 0.1) is 0 Å². The Balaban J connectivity index is 1.77. The first-order valence-corrected chi connectivity index (χ1v) is 9.56. The molecule has 144 valence electrons. The van der Waals surface area contributed by atoms with Gasteiger partial charge >= 0.3 is 0 Å². The SMILES string of the molecule is CNC(=O)c1ccc(OC)c(NC(=O)c2occc2CSc2ccccc2)c1. The van der Waals surface area contributed by atoms with Gasteiger partial charge in [-0.1, -0.05) is 18.2 Å². The van der Waals surface area contributed by atoms with E-state index in [2.05, 4.69) is 10.6 Å². The zero-order valence-electron chi connectivity index (χ0n) is 15.5. The monoisotopic (exact) mass is 396 g/mol. The van der Waals surface area contributed by atoms with Gasteiger partial charge in [-0.3, -0.25) is 9.59 Å². The van der Waals surface area contributed by atoms with Crippen LogP contribution in [0.25, 0.3) is 0 Å². The first-order valence-electron chi connectivity index (χ1n) is 8.58. The van der Waals surface area contributed by atoms with Gasteiger partial charge in [0, 0.05) is 28.8 Å². The molecule has 2 amide bonds. The molecule has 0 spiro atoms. The zero-order valence-corrected chi connectivity index (χ0v) is 16.3. The summed E-state index contributed by atoms with van der Waals surface area (Å²) >= 11 is 1.62. The smallest absolute Gasteiger partial charge is 0.291 e. The molecule has 0 saturated carbocycles. The minimum Gasteiger partial charge on any atom is -0.495 e. The van der Waals surface area contributed by atoms with Crippen LogP contribution >= 0.6 is 11.8 Å². The summed E-state index contributed by atoms with van der Waals surface area (Å²) in [5.74, 6) is 0.624. The van der Waals surface area contributed by atoms with Gasteiger partial charge in [0.25, 0.3) is 11.8 Å². The van der Waals surface area contributed by atoms with Crippen molar-refractivity contribution >= 4 is 29.3 Å². The highest BCUT2D eigenvalue weighted by Gasteiger charge is 2.18. The summed E-state index contributed by atoms with van der Waals surface area (Å²) < 4.78 is 10.7. The number of hydrogen-bond donors (Lipinski definition) is 2. The summed E-state index contributed by atoms with van der Waals surface area (Å²) in [6, 6.07) is 16.5. The number of anilines is 1. The topological polar surface area (TPSA) is 80.6 Å². The Morgan fingerprint density at radius 2 is 1.86 bits per heavy atom. The largest absolute Gasteiger partial charge is 0.495 e. The quantitative estimate of drug-likeness (QED) is 0.585. The summed E-state index contributed by atoms with van der Waals surface area (Å²) in [7, 11) is 3.05. The van der Waals surface area contributed by atoms with Crippen molar-refractivity contribution in [3.8, 4) is 5.75 Å². The number of carbonyl (C=O) groups excluding carboxylic acids is 2. The van der Waals surface area contributed by atoms with Crippen molar-refractivity contribution in [1.29, 1.82) is 0 Å². The minimum absolute atomic E-state index is 0.232. The molecular formula is C21H20N2O4S. The Bertz CT molecular complexity index is 970. The van der Waals surface area contributed by atoms with Crippen LogP contribution in [0.4, 0.5) is 5.69 Å². The van der Waals surface area contributed by atoms with E-state index in [1.165, 1.54) is 13.4 Å². The Kier molecular flexibility index (Phi) is 6.39. The first-order chi connectivity index (χ1) is 13.6. The van der Waals surface area contributed by atoms with E-state index in [4.69, 9.17) is 9.15 Å². The molecular weight excluding hydrogens is 376 g/mol. The Morgan fingerprint density at radius 1 is 1.07 bits per heavy atom. The third kappa shape index (κ3) is 4.55. The molecule has 3 aromatic rings. The molecule has 7 heteroatoms. The number of thioether (sulfide) groups is 1. The lowest BCUT2D eigenvalue weighted by atomic mass is 10.1. The second-order valence-electron chi connectivity index (χ2n) is 5.83. The van der Waals surface area contributed by atoms with Gasteiger partial charge in [-0.2, -0.15) is 0 Å². The zero-order chi connectivity index (χ0) is 19.9. The van der Waals surface area contributed by atoms with E-state index in [-0.39, 0.29) is 11.7 Å². The molecule has 0 unspecified atom stereocenters. The van der Waals surface area contributed by atoms with Gasteiger partial charge in [0.15, 0.2) is 5.76 Å². The predicted octanol–water partition coefficient (Wildman–Crippen LogP) is 4.19. The van der Waals surface area contributed by atoms with Gasteiger partial charge in [-0.25, -0.2) is 0 Å². The van der Waals surface area contributed by atoms with E-state index >= 15 is 0 Å². The number of carbonyl (C=O) groups is 2. The fraction of sp³-hybridized carbons (Fsp3) is 0.143. The van der Waals surface area contributed by atoms with Crippen LogP contribution in [0.15, 0.2) is 70.2 Å². The van der Waals surface area contributed by atoms with Gasteiger partial charge in [-0.15, -0.1) is 11.8 Å². The van der Waals surface area contributed by atoms with Crippen LogP contribution in [-0.2, 0) is 5.75 Å². The summed E-state index contributed by atoms with van der Waals surface area (Å²) in [4.78, 5) is 25.7. The van der Waals surface area contributed by atoms with E-state index in [1.54, 1.807) is 43.1 Å². The number of furan rings is 1. The predicted molar refractivity (Wildman–Crippen MR) is 109 cm³/mol. The molecule has 0 atom stereocenters. The lowest BCUT2D eigenvalue weighted by Crippen LogP contribution is -2.19. The normalized spacial score (nSPS) is 10.4. The average molecular weight is 396 g/mol. The lowest BCUT2D eigenvalue weighted by Gasteiger charge is -2.11. The number of ether oxygens (including phenoxy) is 1. The molecule has 1 aromatic heterocycles. The third-order valence-electron chi connectivity index (χ3n) is 4.03.